The van der Waals surface area contributed by atoms with Gasteiger partial charge in [0.15, 0.2) is 11.5 Å². The smallest absolute Gasteiger partial charge is 0.416 e. The summed E-state index contributed by atoms with van der Waals surface area (Å²) in [4.78, 5) is 34.4. The summed E-state index contributed by atoms with van der Waals surface area (Å²) in [5, 5.41) is 11.4. The number of hydrogen-bond acceptors (Lipinski definition) is 8. The third-order valence-electron chi connectivity index (χ3n) is 4.55. The van der Waals surface area contributed by atoms with Gasteiger partial charge in [-0.05, 0) is 42.3 Å². The Morgan fingerprint density at radius 1 is 1.06 bits per heavy atom. The lowest BCUT2D eigenvalue weighted by molar-refractivity contribution is -0.385. The van der Waals surface area contributed by atoms with Crippen LogP contribution in [-0.2, 0) is 31.7 Å². The number of carbonyl (C=O) groups excluding carboxylic acids is 2. The molecule has 2 aromatic carbocycles. The first-order valence-electron chi connectivity index (χ1n) is 9.70. The standard InChI is InChI=1S/C23H20F3NO8/c1-5-6-14-9-13(10-16(21(28)33-3)22(29)34-4)11-19(32-2)20(14)35-18-8-7-15(23(24,25)26)12-17(18)27(30)31/h5,7-12H,1,6H2,2-4H3. The maximum Gasteiger partial charge on any atom is 0.416 e. The summed E-state index contributed by atoms with van der Waals surface area (Å²) in [7, 11) is 3.42. The Morgan fingerprint density at radius 3 is 2.17 bits per heavy atom. The molecule has 0 unspecified atom stereocenters. The van der Waals surface area contributed by atoms with Gasteiger partial charge < -0.3 is 18.9 Å². The molecule has 0 radical (unpaired) electrons. The van der Waals surface area contributed by atoms with Crippen LogP contribution in [0.5, 0.6) is 17.2 Å². The molecule has 2 aromatic rings. The number of alkyl halides is 3. The molecule has 0 bridgehead atoms. The zero-order chi connectivity index (χ0) is 26.3. The second kappa shape index (κ2) is 11.2. The number of nitrogens with zero attached hydrogens (tertiary/aromatic N) is 1. The van der Waals surface area contributed by atoms with Crippen LogP contribution in [0, 0.1) is 10.1 Å². The highest BCUT2D eigenvalue weighted by Gasteiger charge is 2.34. The summed E-state index contributed by atoms with van der Waals surface area (Å²) in [6.07, 6.45) is -2.01. The van der Waals surface area contributed by atoms with Crippen molar-refractivity contribution in [3.8, 4) is 17.2 Å². The fraction of sp³-hybridized carbons (Fsp3) is 0.217. The molecule has 0 heterocycles. The lowest BCUT2D eigenvalue weighted by atomic mass is 10.0. The maximum atomic E-state index is 13.0. The first kappa shape index (κ1) is 26.9. The highest BCUT2D eigenvalue weighted by molar-refractivity contribution is 6.17. The van der Waals surface area contributed by atoms with Gasteiger partial charge in [-0.3, -0.25) is 10.1 Å². The van der Waals surface area contributed by atoms with Crippen LogP contribution in [0.25, 0.3) is 6.08 Å². The van der Waals surface area contributed by atoms with Crippen LogP contribution < -0.4 is 9.47 Å². The summed E-state index contributed by atoms with van der Waals surface area (Å²) in [6.45, 7) is 3.62. The predicted molar refractivity (Wildman–Crippen MR) is 117 cm³/mol. The fourth-order valence-electron chi connectivity index (χ4n) is 2.96. The van der Waals surface area contributed by atoms with Gasteiger partial charge in [-0.2, -0.15) is 13.2 Å². The van der Waals surface area contributed by atoms with E-state index in [-0.39, 0.29) is 23.5 Å². The van der Waals surface area contributed by atoms with Crippen molar-refractivity contribution < 1.29 is 46.6 Å². The molecule has 0 atom stereocenters. The molecule has 0 saturated heterocycles. The van der Waals surface area contributed by atoms with Crippen LogP contribution >= 0.6 is 0 Å². The van der Waals surface area contributed by atoms with E-state index in [1.165, 1.54) is 31.4 Å². The molecule has 186 valence electrons. The van der Waals surface area contributed by atoms with Gasteiger partial charge in [0.05, 0.1) is 31.8 Å². The van der Waals surface area contributed by atoms with E-state index in [9.17, 15) is 32.9 Å². The normalized spacial score (nSPS) is 10.7. The van der Waals surface area contributed by atoms with E-state index >= 15 is 0 Å². The molecular formula is C23H20F3NO8. The van der Waals surface area contributed by atoms with Crippen molar-refractivity contribution in [1.82, 2.24) is 0 Å². The first-order chi connectivity index (χ1) is 16.5. The van der Waals surface area contributed by atoms with Crippen LogP contribution in [0.15, 0.2) is 48.6 Å². The quantitative estimate of drug-likeness (QED) is 0.0921. The van der Waals surface area contributed by atoms with Crippen molar-refractivity contribution in [2.75, 3.05) is 21.3 Å². The van der Waals surface area contributed by atoms with Gasteiger partial charge in [-0.25, -0.2) is 9.59 Å². The number of ether oxygens (including phenoxy) is 4. The molecule has 0 N–H and O–H groups in total. The van der Waals surface area contributed by atoms with Crippen molar-refractivity contribution in [2.24, 2.45) is 0 Å². The van der Waals surface area contributed by atoms with Crippen molar-refractivity contribution in [2.45, 2.75) is 12.6 Å². The number of nitro groups is 1. The molecule has 0 aromatic heterocycles. The number of rotatable bonds is 9. The number of esters is 2. The Bertz CT molecular complexity index is 1170. The lowest BCUT2D eigenvalue weighted by Crippen LogP contribution is -2.15. The number of allylic oxidation sites excluding steroid dienone is 1. The Kier molecular flexibility index (Phi) is 8.59. The van der Waals surface area contributed by atoms with E-state index in [1.54, 1.807) is 0 Å². The summed E-state index contributed by atoms with van der Waals surface area (Å²) < 4.78 is 59.2. The average molecular weight is 495 g/mol. The molecule has 9 nitrogen and oxygen atoms in total. The topological polar surface area (TPSA) is 114 Å². The van der Waals surface area contributed by atoms with E-state index in [0.717, 1.165) is 20.3 Å². The number of nitro benzene ring substituents is 1. The van der Waals surface area contributed by atoms with Crippen molar-refractivity contribution >= 4 is 23.7 Å². The van der Waals surface area contributed by atoms with E-state index in [1.807, 2.05) is 0 Å². The second-order valence-electron chi connectivity index (χ2n) is 6.78. The van der Waals surface area contributed by atoms with Gasteiger partial charge in [0.2, 0.25) is 5.75 Å². The number of carbonyl (C=O) groups is 2. The van der Waals surface area contributed by atoms with Crippen LogP contribution in [0.3, 0.4) is 0 Å². The Morgan fingerprint density at radius 2 is 1.69 bits per heavy atom. The van der Waals surface area contributed by atoms with Gasteiger partial charge in [-0.15, -0.1) is 6.58 Å². The molecule has 12 heteroatoms. The third kappa shape index (κ3) is 6.37. The third-order valence-corrected chi connectivity index (χ3v) is 4.55. The number of methoxy groups -OCH3 is 3. The lowest BCUT2D eigenvalue weighted by Gasteiger charge is -2.16. The van der Waals surface area contributed by atoms with E-state index in [4.69, 9.17) is 9.47 Å². The van der Waals surface area contributed by atoms with Gasteiger partial charge in [0.1, 0.15) is 5.57 Å². The monoisotopic (exact) mass is 495 g/mol. The molecule has 2 rings (SSSR count). The van der Waals surface area contributed by atoms with Gasteiger partial charge >= 0.3 is 23.8 Å². The van der Waals surface area contributed by atoms with Crippen molar-refractivity contribution in [3.05, 3.63) is 75.4 Å². The Hall–Kier alpha value is -4.35. The summed E-state index contributed by atoms with van der Waals surface area (Å²) in [5.74, 6) is -2.40. The summed E-state index contributed by atoms with van der Waals surface area (Å²) in [5.41, 5.74) is -1.93. The fourth-order valence-corrected chi connectivity index (χ4v) is 2.96. The zero-order valence-electron chi connectivity index (χ0n) is 18.8. The highest BCUT2D eigenvalue weighted by Crippen LogP contribution is 2.42. The number of halogens is 3. The maximum absolute atomic E-state index is 13.0. The molecule has 0 saturated carbocycles. The minimum absolute atomic E-state index is 0.0128. The highest BCUT2D eigenvalue weighted by atomic mass is 19.4. The van der Waals surface area contributed by atoms with E-state index in [0.29, 0.717) is 17.7 Å². The zero-order valence-corrected chi connectivity index (χ0v) is 18.8. The van der Waals surface area contributed by atoms with Crippen LogP contribution in [0.1, 0.15) is 16.7 Å². The molecular weight excluding hydrogens is 475 g/mol. The predicted octanol–water partition coefficient (Wildman–Crippen LogP) is 4.87. The largest absolute Gasteiger partial charge is 0.493 e. The number of benzene rings is 2. The first-order valence-corrected chi connectivity index (χ1v) is 9.70. The number of hydrogen-bond donors (Lipinski definition) is 0. The van der Waals surface area contributed by atoms with Crippen LogP contribution in [-0.4, -0.2) is 38.2 Å². The summed E-state index contributed by atoms with van der Waals surface area (Å²) in [6, 6.07) is 4.67. The SMILES string of the molecule is C=CCc1cc(C=C(C(=O)OC)C(=O)OC)cc(OC)c1Oc1ccc(C(F)(F)F)cc1[N+](=O)[O-]. The molecule has 0 aliphatic rings. The molecule has 0 spiro atoms. The van der Waals surface area contributed by atoms with Gasteiger partial charge in [0, 0.05) is 11.6 Å². The average Bonchev–Trinajstić information content (AvgIpc) is 2.82. The minimum Gasteiger partial charge on any atom is -0.493 e. The van der Waals surface area contributed by atoms with E-state index in [2.05, 4.69) is 16.1 Å². The molecule has 0 amide bonds. The molecule has 0 aliphatic heterocycles. The van der Waals surface area contributed by atoms with E-state index < -0.39 is 45.6 Å². The van der Waals surface area contributed by atoms with Gasteiger partial charge in [-0.1, -0.05) is 6.08 Å². The molecule has 0 fully saturated rings. The minimum atomic E-state index is -4.79. The van der Waals surface area contributed by atoms with Crippen LogP contribution in [0.2, 0.25) is 0 Å². The Labute approximate surface area is 197 Å². The summed E-state index contributed by atoms with van der Waals surface area (Å²) >= 11 is 0. The van der Waals surface area contributed by atoms with Crippen molar-refractivity contribution in [3.63, 3.8) is 0 Å². The van der Waals surface area contributed by atoms with Crippen molar-refractivity contribution in [1.29, 1.82) is 0 Å². The second-order valence-corrected chi connectivity index (χ2v) is 6.78. The molecule has 0 aliphatic carbocycles. The molecule has 35 heavy (non-hydrogen) atoms. The van der Waals surface area contributed by atoms with Crippen LogP contribution in [0.4, 0.5) is 18.9 Å². The Balaban J connectivity index is 2.68. The van der Waals surface area contributed by atoms with Gasteiger partial charge in [0.25, 0.3) is 0 Å².